The second kappa shape index (κ2) is 7.50. The fourth-order valence-corrected chi connectivity index (χ4v) is 2.59. The smallest absolute Gasteiger partial charge is 0.142 e. The Labute approximate surface area is 121 Å². The van der Waals surface area contributed by atoms with Gasteiger partial charge in [0.05, 0.1) is 12.3 Å². The van der Waals surface area contributed by atoms with Gasteiger partial charge in [0.25, 0.3) is 0 Å². The minimum Gasteiger partial charge on any atom is -0.489 e. The van der Waals surface area contributed by atoms with Crippen LogP contribution in [-0.2, 0) is 4.74 Å². The van der Waals surface area contributed by atoms with E-state index in [1.165, 1.54) is 5.56 Å². The van der Waals surface area contributed by atoms with Crippen LogP contribution in [0.1, 0.15) is 31.2 Å². The van der Waals surface area contributed by atoms with E-state index in [1.807, 2.05) is 0 Å². The summed E-state index contributed by atoms with van der Waals surface area (Å²) < 4.78 is 10.8. The number of rotatable bonds is 6. The van der Waals surface area contributed by atoms with E-state index in [-0.39, 0.29) is 0 Å². The Morgan fingerprint density at radius 2 is 1.95 bits per heavy atom. The van der Waals surface area contributed by atoms with Crippen molar-refractivity contribution in [3.63, 3.8) is 0 Å². The van der Waals surface area contributed by atoms with Crippen LogP contribution in [0.15, 0.2) is 18.2 Å². The third-order valence-electron chi connectivity index (χ3n) is 3.81. The fourth-order valence-electron chi connectivity index (χ4n) is 2.59. The molecule has 112 valence electrons. The Bertz CT molecular complexity index is 415. The quantitative estimate of drug-likeness (QED) is 0.786. The third-order valence-corrected chi connectivity index (χ3v) is 3.81. The van der Waals surface area contributed by atoms with Crippen molar-refractivity contribution < 1.29 is 9.47 Å². The van der Waals surface area contributed by atoms with E-state index in [1.54, 1.807) is 7.11 Å². The highest BCUT2D eigenvalue weighted by Gasteiger charge is 2.19. The van der Waals surface area contributed by atoms with Gasteiger partial charge in [0.1, 0.15) is 12.4 Å². The van der Waals surface area contributed by atoms with E-state index < -0.39 is 0 Å². The standard InChI is InChI=1S/C16H26N2O2/c1-12-3-8-15(16(11-12)20-10-9-19-2)18-14-6-4-13(17)5-7-14/h3,8,11,13-14,18H,4-7,9-10,17H2,1-2H3. The van der Waals surface area contributed by atoms with Crippen molar-refractivity contribution in [2.75, 3.05) is 25.6 Å². The maximum absolute atomic E-state index is 5.95. The zero-order valence-corrected chi connectivity index (χ0v) is 12.5. The second-order valence-electron chi connectivity index (χ2n) is 5.60. The van der Waals surface area contributed by atoms with Gasteiger partial charge in [0.15, 0.2) is 0 Å². The molecule has 0 aliphatic heterocycles. The van der Waals surface area contributed by atoms with Crippen LogP contribution in [0, 0.1) is 6.92 Å². The first-order chi connectivity index (χ1) is 9.69. The molecule has 3 N–H and O–H groups in total. The van der Waals surface area contributed by atoms with Gasteiger partial charge >= 0.3 is 0 Å². The van der Waals surface area contributed by atoms with E-state index in [9.17, 15) is 0 Å². The molecule has 0 spiro atoms. The van der Waals surface area contributed by atoms with Crippen LogP contribution in [0.4, 0.5) is 5.69 Å². The van der Waals surface area contributed by atoms with Crippen LogP contribution >= 0.6 is 0 Å². The molecule has 2 rings (SSSR count). The number of aryl methyl sites for hydroxylation is 1. The average molecular weight is 278 g/mol. The summed E-state index contributed by atoms with van der Waals surface area (Å²) in [6.45, 7) is 3.25. The van der Waals surface area contributed by atoms with Gasteiger partial charge in [-0.2, -0.15) is 0 Å². The molecule has 0 aromatic heterocycles. The molecule has 1 aromatic carbocycles. The molecular weight excluding hydrogens is 252 g/mol. The molecule has 0 atom stereocenters. The van der Waals surface area contributed by atoms with Crippen LogP contribution in [0.5, 0.6) is 5.75 Å². The van der Waals surface area contributed by atoms with Gasteiger partial charge in [-0.3, -0.25) is 0 Å². The molecule has 0 radical (unpaired) electrons. The van der Waals surface area contributed by atoms with Crippen LogP contribution in [0.25, 0.3) is 0 Å². The van der Waals surface area contributed by atoms with Crippen molar-refractivity contribution in [2.45, 2.75) is 44.7 Å². The molecule has 1 aliphatic carbocycles. The summed E-state index contributed by atoms with van der Waals surface area (Å²) >= 11 is 0. The average Bonchev–Trinajstić information content (AvgIpc) is 2.44. The number of benzene rings is 1. The van der Waals surface area contributed by atoms with Crippen molar-refractivity contribution in [1.82, 2.24) is 0 Å². The lowest BCUT2D eigenvalue weighted by molar-refractivity contribution is 0.146. The van der Waals surface area contributed by atoms with Gasteiger partial charge in [-0.25, -0.2) is 0 Å². The highest BCUT2D eigenvalue weighted by molar-refractivity contribution is 5.58. The molecule has 0 bridgehead atoms. The summed E-state index contributed by atoms with van der Waals surface area (Å²) in [5.41, 5.74) is 8.23. The summed E-state index contributed by atoms with van der Waals surface area (Å²) in [5, 5.41) is 3.60. The Hall–Kier alpha value is -1.26. The van der Waals surface area contributed by atoms with E-state index in [4.69, 9.17) is 15.2 Å². The topological polar surface area (TPSA) is 56.5 Å². The molecule has 1 aromatic rings. The first kappa shape index (κ1) is 15.1. The minimum absolute atomic E-state index is 0.378. The number of hydrogen-bond donors (Lipinski definition) is 2. The molecular formula is C16H26N2O2. The van der Waals surface area contributed by atoms with E-state index >= 15 is 0 Å². The highest BCUT2D eigenvalue weighted by Crippen LogP contribution is 2.29. The predicted molar refractivity (Wildman–Crippen MR) is 82.4 cm³/mol. The van der Waals surface area contributed by atoms with Crippen LogP contribution in [0.2, 0.25) is 0 Å². The minimum atomic E-state index is 0.378. The molecule has 0 saturated heterocycles. The Morgan fingerprint density at radius 3 is 2.65 bits per heavy atom. The summed E-state index contributed by atoms with van der Waals surface area (Å²) in [5.74, 6) is 0.914. The van der Waals surface area contributed by atoms with Crippen molar-refractivity contribution in [3.05, 3.63) is 23.8 Å². The van der Waals surface area contributed by atoms with Crippen LogP contribution < -0.4 is 15.8 Å². The largest absolute Gasteiger partial charge is 0.489 e. The van der Waals surface area contributed by atoms with Crippen molar-refractivity contribution in [1.29, 1.82) is 0 Å². The van der Waals surface area contributed by atoms with Gasteiger partial charge in [-0.15, -0.1) is 0 Å². The molecule has 1 aliphatic rings. The lowest BCUT2D eigenvalue weighted by Crippen LogP contribution is -2.32. The first-order valence-electron chi connectivity index (χ1n) is 7.43. The number of hydrogen-bond acceptors (Lipinski definition) is 4. The number of nitrogens with one attached hydrogen (secondary N) is 1. The SMILES string of the molecule is COCCOc1cc(C)ccc1NC1CCC(N)CC1. The Balaban J connectivity index is 1.98. The Morgan fingerprint density at radius 1 is 1.20 bits per heavy atom. The Kier molecular flexibility index (Phi) is 5.68. The van der Waals surface area contributed by atoms with Gasteiger partial charge in [0, 0.05) is 19.2 Å². The second-order valence-corrected chi connectivity index (χ2v) is 5.60. The molecule has 4 nitrogen and oxygen atoms in total. The zero-order valence-electron chi connectivity index (χ0n) is 12.5. The molecule has 0 unspecified atom stereocenters. The van der Waals surface area contributed by atoms with E-state index in [2.05, 4.69) is 30.4 Å². The third kappa shape index (κ3) is 4.39. The fraction of sp³-hybridized carbons (Fsp3) is 0.625. The van der Waals surface area contributed by atoms with Gasteiger partial charge in [0.2, 0.25) is 0 Å². The van der Waals surface area contributed by atoms with Gasteiger partial charge in [-0.05, 0) is 50.3 Å². The highest BCUT2D eigenvalue weighted by atomic mass is 16.5. The molecule has 4 heteroatoms. The first-order valence-corrected chi connectivity index (χ1v) is 7.43. The number of methoxy groups -OCH3 is 1. The molecule has 1 fully saturated rings. The molecule has 0 heterocycles. The monoisotopic (exact) mass is 278 g/mol. The maximum Gasteiger partial charge on any atom is 0.142 e. The number of nitrogens with two attached hydrogens (primary N) is 1. The molecule has 0 amide bonds. The van der Waals surface area contributed by atoms with E-state index in [0.717, 1.165) is 37.1 Å². The molecule has 1 saturated carbocycles. The summed E-state index contributed by atoms with van der Waals surface area (Å²) in [6, 6.07) is 7.17. The van der Waals surface area contributed by atoms with Crippen LogP contribution in [0.3, 0.4) is 0 Å². The maximum atomic E-state index is 5.95. The number of anilines is 1. The van der Waals surface area contributed by atoms with Gasteiger partial charge in [-0.1, -0.05) is 6.07 Å². The number of ether oxygens (including phenoxy) is 2. The van der Waals surface area contributed by atoms with Crippen molar-refractivity contribution in [2.24, 2.45) is 5.73 Å². The summed E-state index contributed by atoms with van der Waals surface area (Å²) in [4.78, 5) is 0. The summed E-state index contributed by atoms with van der Waals surface area (Å²) in [7, 11) is 1.68. The van der Waals surface area contributed by atoms with Crippen LogP contribution in [-0.4, -0.2) is 32.4 Å². The van der Waals surface area contributed by atoms with Crippen molar-refractivity contribution in [3.8, 4) is 5.75 Å². The normalized spacial score (nSPS) is 22.6. The van der Waals surface area contributed by atoms with Gasteiger partial charge < -0.3 is 20.5 Å². The lowest BCUT2D eigenvalue weighted by Gasteiger charge is -2.28. The molecule has 20 heavy (non-hydrogen) atoms. The predicted octanol–water partition coefficient (Wildman–Crippen LogP) is 2.70. The lowest BCUT2D eigenvalue weighted by atomic mass is 9.91. The van der Waals surface area contributed by atoms with E-state index in [0.29, 0.717) is 25.3 Å². The summed E-state index contributed by atoms with van der Waals surface area (Å²) in [6.07, 6.45) is 4.46. The zero-order chi connectivity index (χ0) is 14.4. The van der Waals surface area contributed by atoms with Crippen molar-refractivity contribution >= 4 is 5.69 Å².